The zero-order valence-corrected chi connectivity index (χ0v) is 14.0. The van der Waals surface area contributed by atoms with Crippen molar-refractivity contribution < 1.29 is 4.74 Å². The number of aryl methyl sites for hydroxylation is 2. The van der Waals surface area contributed by atoms with Crippen LogP contribution in [0.15, 0.2) is 41.8 Å². The molecule has 1 aromatic heterocycles. The van der Waals surface area contributed by atoms with Crippen LogP contribution in [0, 0.1) is 13.8 Å². The van der Waals surface area contributed by atoms with Crippen LogP contribution in [0.2, 0.25) is 0 Å². The van der Waals surface area contributed by atoms with Crippen molar-refractivity contribution in [3.8, 4) is 27.6 Å². The van der Waals surface area contributed by atoms with Crippen LogP contribution < -0.4 is 10.1 Å². The molecule has 0 amide bonds. The molecule has 4 heteroatoms. The van der Waals surface area contributed by atoms with Crippen molar-refractivity contribution in [1.29, 1.82) is 0 Å². The molecule has 0 saturated carbocycles. The predicted molar refractivity (Wildman–Crippen MR) is 96.4 cm³/mol. The smallest absolute Gasteiger partial charge is 0.142 e. The van der Waals surface area contributed by atoms with Gasteiger partial charge in [0, 0.05) is 23.1 Å². The third kappa shape index (κ3) is 2.70. The van der Waals surface area contributed by atoms with Crippen LogP contribution in [0.5, 0.6) is 5.75 Å². The Balaban J connectivity index is 1.68. The first-order chi connectivity index (χ1) is 11.2. The molecule has 2 heterocycles. The van der Waals surface area contributed by atoms with Crippen molar-refractivity contribution in [2.24, 2.45) is 0 Å². The van der Waals surface area contributed by atoms with Gasteiger partial charge in [0.25, 0.3) is 0 Å². The number of aromatic nitrogens is 1. The summed E-state index contributed by atoms with van der Waals surface area (Å²) in [5, 5.41) is 6.54. The lowest BCUT2D eigenvalue weighted by molar-refractivity contribution is 0.323. The van der Waals surface area contributed by atoms with E-state index in [2.05, 4.69) is 54.9 Å². The maximum Gasteiger partial charge on any atom is 0.142 e. The minimum absolute atomic E-state index is 0.723. The number of hydrogen-bond acceptors (Lipinski definition) is 4. The minimum Gasteiger partial charge on any atom is -0.490 e. The maximum absolute atomic E-state index is 5.63. The van der Waals surface area contributed by atoms with Gasteiger partial charge in [0.05, 0.1) is 11.4 Å². The van der Waals surface area contributed by atoms with E-state index in [0.29, 0.717) is 0 Å². The Bertz CT molecular complexity index is 870. The molecule has 0 bridgehead atoms. The third-order valence-corrected chi connectivity index (χ3v) is 5.10. The minimum atomic E-state index is 0.723. The molecule has 0 aliphatic carbocycles. The fourth-order valence-corrected chi connectivity index (χ4v) is 3.54. The topological polar surface area (TPSA) is 34.1 Å². The summed E-state index contributed by atoms with van der Waals surface area (Å²) < 4.78 is 5.63. The van der Waals surface area contributed by atoms with Crippen LogP contribution in [-0.4, -0.2) is 18.1 Å². The largest absolute Gasteiger partial charge is 0.490 e. The lowest BCUT2D eigenvalue weighted by atomic mass is 10.1. The SMILES string of the molecule is Cc1ccc(-c2csc(-c3ccc4c(c3)NCCO4)n2)cc1C. The molecule has 0 saturated heterocycles. The molecule has 1 aliphatic heterocycles. The molecule has 3 nitrogen and oxygen atoms in total. The Labute approximate surface area is 140 Å². The standard InChI is InChI=1S/C19H18N2OS/c1-12-3-4-14(9-13(12)2)17-11-23-19(21-17)15-5-6-18-16(10-15)20-7-8-22-18/h3-6,9-11,20H,7-8H2,1-2H3. The monoisotopic (exact) mass is 322 g/mol. The third-order valence-electron chi connectivity index (χ3n) is 4.21. The Morgan fingerprint density at radius 3 is 2.78 bits per heavy atom. The average molecular weight is 322 g/mol. The highest BCUT2D eigenvalue weighted by Crippen LogP contribution is 2.35. The van der Waals surface area contributed by atoms with E-state index in [9.17, 15) is 0 Å². The van der Waals surface area contributed by atoms with Crippen molar-refractivity contribution >= 4 is 17.0 Å². The molecular weight excluding hydrogens is 304 g/mol. The van der Waals surface area contributed by atoms with Crippen LogP contribution in [-0.2, 0) is 0 Å². The second-order valence-corrected chi connectivity index (χ2v) is 6.68. The number of benzene rings is 2. The lowest BCUT2D eigenvalue weighted by Crippen LogP contribution is -2.17. The highest BCUT2D eigenvalue weighted by molar-refractivity contribution is 7.13. The van der Waals surface area contributed by atoms with Crippen molar-refractivity contribution in [3.63, 3.8) is 0 Å². The first-order valence-electron chi connectivity index (χ1n) is 7.75. The number of hydrogen-bond donors (Lipinski definition) is 1. The van der Waals surface area contributed by atoms with Crippen molar-refractivity contribution in [1.82, 2.24) is 4.98 Å². The molecule has 2 aromatic carbocycles. The molecule has 0 spiro atoms. The summed E-state index contributed by atoms with van der Waals surface area (Å²) in [5.41, 5.74) is 7.00. The summed E-state index contributed by atoms with van der Waals surface area (Å²) in [5.74, 6) is 0.922. The zero-order chi connectivity index (χ0) is 15.8. The van der Waals surface area contributed by atoms with Gasteiger partial charge in [0.15, 0.2) is 0 Å². The fourth-order valence-electron chi connectivity index (χ4n) is 2.71. The van der Waals surface area contributed by atoms with Crippen LogP contribution in [0.3, 0.4) is 0 Å². The van der Waals surface area contributed by atoms with E-state index in [-0.39, 0.29) is 0 Å². The number of fused-ring (bicyclic) bond motifs is 1. The van der Waals surface area contributed by atoms with Crippen molar-refractivity contribution in [2.45, 2.75) is 13.8 Å². The van der Waals surface area contributed by atoms with Gasteiger partial charge < -0.3 is 10.1 Å². The number of nitrogens with one attached hydrogen (secondary N) is 1. The zero-order valence-electron chi connectivity index (χ0n) is 13.2. The van der Waals surface area contributed by atoms with Gasteiger partial charge in [-0.1, -0.05) is 12.1 Å². The Morgan fingerprint density at radius 2 is 1.91 bits per heavy atom. The summed E-state index contributed by atoms with van der Waals surface area (Å²) in [6.07, 6.45) is 0. The van der Waals surface area contributed by atoms with Crippen LogP contribution in [0.4, 0.5) is 5.69 Å². The predicted octanol–water partition coefficient (Wildman–Crippen LogP) is 4.90. The highest BCUT2D eigenvalue weighted by Gasteiger charge is 2.13. The Hall–Kier alpha value is -2.33. The van der Waals surface area contributed by atoms with Gasteiger partial charge in [-0.2, -0.15) is 0 Å². The molecule has 116 valence electrons. The second kappa shape index (κ2) is 5.70. The lowest BCUT2D eigenvalue weighted by Gasteiger charge is -2.19. The molecule has 0 fully saturated rings. The van der Waals surface area contributed by atoms with E-state index in [1.165, 1.54) is 16.7 Å². The summed E-state index contributed by atoms with van der Waals surface area (Å²) in [6.45, 7) is 5.85. The molecule has 1 N–H and O–H groups in total. The second-order valence-electron chi connectivity index (χ2n) is 5.82. The molecule has 1 aliphatic rings. The number of nitrogens with zero attached hydrogens (tertiary/aromatic N) is 1. The molecule has 0 atom stereocenters. The maximum atomic E-state index is 5.63. The summed E-state index contributed by atoms with van der Waals surface area (Å²) in [6, 6.07) is 12.7. The van der Waals surface area contributed by atoms with Gasteiger partial charge in [-0.3, -0.25) is 0 Å². The van der Waals surface area contributed by atoms with Crippen molar-refractivity contribution in [3.05, 3.63) is 52.9 Å². The molecule has 0 radical (unpaired) electrons. The van der Waals surface area contributed by atoms with Crippen LogP contribution in [0.1, 0.15) is 11.1 Å². The number of rotatable bonds is 2. The first kappa shape index (κ1) is 14.3. The van der Waals surface area contributed by atoms with E-state index < -0.39 is 0 Å². The van der Waals surface area contributed by atoms with Crippen molar-refractivity contribution in [2.75, 3.05) is 18.5 Å². The summed E-state index contributed by atoms with van der Waals surface area (Å²) in [4.78, 5) is 4.82. The molecule has 0 unspecified atom stereocenters. The van der Waals surface area contributed by atoms with Gasteiger partial charge >= 0.3 is 0 Å². The van der Waals surface area contributed by atoms with E-state index in [4.69, 9.17) is 9.72 Å². The van der Waals surface area contributed by atoms with Crippen LogP contribution >= 0.6 is 11.3 Å². The Morgan fingerprint density at radius 1 is 1.04 bits per heavy atom. The molecular formula is C19H18N2OS. The van der Waals surface area contributed by atoms with Gasteiger partial charge in [0.1, 0.15) is 17.4 Å². The van der Waals surface area contributed by atoms with Gasteiger partial charge in [0.2, 0.25) is 0 Å². The van der Waals surface area contributed by atoms with Gasteiger partial charge in [-0.05, 0) is 49.2 Å². The fraction of sp³-hybridized carbons (Fsp3) is 0.211. The van der Waals surface area contributed by atoms with Gasteiger partial charge in [-0.15, -0.1) is 11.3 Å². The quantitative estimate of drug-likeness (QED) is 0.729. The Kier molecular flexibility index (Phi) is 3.54. The van der Waals surface area contributed by atoms with E-state index in [1.54, 1.807) is 11.3 Å². The number of anilines is 1. The average Bonchev–Trinajstić information content (AvgIpc) is 3.07. The van der Waals surface area contributed by atoms with Crippen LogP contribution in [0.25, 0.3) is 21.8 Å². The highest BCUT2D eigenvalue weighted by atomic mass is 32.1. The molecule has 23 heavy (non-hydrogen) atoms. The first-order valence-corrected chi connectivity index (χ1v) is 8.63. The molecule has 4 rings (SSSR count). The molecule has 3 aromatic rings. The number of ether oxygens (including phenoxy) is 1. The normalized spacial score (nSPS) is 13.1. The van der Waals surface area contributed by atoms with E-state index >= 15 is 0 Å². The van der Waals surface area contributed by atoms with Gasteiger partial charge in [-0.25, -0.2) is 4.98 Å². The number of thiazole rings is 1. The summed E-state index contributed by atoms with van der Waals surface area (Å²) >= 11 is 1.68. The summed E-state index contributed by atoms with van der Waals surface area (Å²) in [7, 11) is 0. The van der Waals surface area contributed by atoms with E-state index in [1.807, 2.05) is 6.07 Å². The van der Waals surface area contributed by atoms with E-state index in [0.717, 1.165) is 40.9 Å².